The van der Waals surface area contributed by atoms with Gasteiger partial charge in [-0.15, -0.1) is 0 Å². The van der Waals surface area contributed by atoms with Crippen LogP contribution in [-0.2, 0) is 11.5 Å². The molecule has 2 heterocycles. The molecule has 0 unspecified atom stereocenters. The van der Waals surface area contributed by atoms with Crippen molar-refractivity contribution in [2.24, 2.45) is 0 Å². The summed E-state index contributed by atoms with van der Waals surface area (Å²) in [6.45, 7) is 9.62. The van der Waals surface area contributed by atoms with Crippen LogP contribution in [0, 0.1) is 0 Å². The molecule has 0 atom stereocenters. The summed E-state index contributed by atoms with van der Waals surface area (Å²) in [6.07, 6.45) is 3.42. The van der Waals surface area contributed by atoms with Crippen molar-refractivity contribution in [3.8, 4) is 0 Å². The van der Waals surface area contributed by atoms with Gasteiger partial charge in [-0.05, 0) is 28.9 Å². The number of halogens is 2. The molecule has 0 amide bonds. The van der Waals surface area contributed by atoms with Crippen molar-refractivity contribution >= 4 is 52.4 Å². The van der Waals surface area contributed by atoms with E-state index in [1.807, 2.05) is 10.8 Å². The number of rotatable bonds is 6. The molecule has 0 aliphatic heterocycles. The summed E-state index contributed by atoms with van der Waals surface area (Å²) < 4.78 is 8.48. The monoisotopic (exact) mass is 402 g/mol. The first kappa shape index (κ1) is 17.7. The topological polar surface area (TPSA) is 44.1 Å². The third-order valence-electron chi connectivity index (χ3n) is 3.38. The number of aromatic nitrogens is 2. The number of carbonyl (C=O) groups excluding carboxylic acids is 1. The molecule has 4 nitrogen and oxygen atoms in total. The molecule has 0 aliphatic rings. The van der Waals surface area contributed by atoms with Gasteiger partial charge in [0.2, 0.25) is 0 Å². The van der Waals surface area contributed by atoms with Crippen molar-refractivity contribution in [2.45, 2.75) is 39.3 Å². The minimum absolute atomic E-state index is 0.0922. The highest BCUT2D eigenvalue weighted by molar-refractivity contribution is 9.10. The fourth-order valence-electron chi connectivity index (χ4n) is 2.06. The largest absolute Gasteiger partial charge is 0.361 e. The van der Waals surface area contributed by atoms with Gasteiger partial charge >= 0.3 is 0 Å². The molecule has 120 valence electrons. The van der Waals surface area contributed by atoms with Crippen LogP contribution >= 0.6 is 27.5 Å². The molecule has 0 N–H and O–H groups in total. The van der Waals surface area contributed by atoms with Crippen LogP contribution in [0.15, 0.2) is 16.9 Å². The van der Waals surface area contributed by atoms with Gasteiger partial charge in [-0.2, -0.15) is 0 Å². The second kappa shape index (κ2) is 6.82. The summed E-state index contributed by atoms with van der Waals surface area (Å²) in [7, 11) is -1.09. The number of pyridine rings is 1. The predicted octanol–water partition coefficient (Wildman–Crippen LogP) is 4.97. The van der Waals surface area contributed by atoms with Crippen LogP contribution < -0.4 is 0 Å². The van der Waals surface area contributed by atoms with Crippen LogP contribution in [-0.4, -0.2) is 30.0 Å². The van der Waals surface area contributed by atoms with E-state index in [0.29, 0.717) is 17.3 Å². The molecule has 0 aliphatic carbocycles. The number of ether oxygens (including phenoxy) is 1. The van der Waals surface area contributed by atoms with E-state index in [-0.39, 0.29) is 5.78 Å². The van der Waals surface area contributed by atoms with Gasteiger partial charge in [0.1, 0.15) is 12.4 Å². The Morgan fingerprint density at radius 2 is 2.14 bits per heavy atom. The Labute approximate surface area is 144 Å². The molecule has 0 fully saturated rings. The fourth-order valence-corrected chi connectivity index (χ4v) is 3.92. The molecule has 2 rings (SSSR count). The fraction of sp³-hybridized carbons (Fsp3) is 0.467. The minimum Gasteiger partial charge on any atom is -0.361 e. The van der Waals surface area contributed by atoms with Crippen LogP contribution in [0.5, 0.6) is 0 Å². The first-order chi connectivity index (χ1) is 10.2. The Bertz CT molecular complexity index is 710. The molecule has 2 aromatic heterocycles. The van der Waals surface area contributed by atoms with Crippen LogP contribution in [0.4, 0.5) is 0 Å². The number of Topliss-reactive ketones (excluding diaryl/α,β-unsaturated/α-hetero) is 1. The van der Waals surface area contributed by atoms with Crippen molar-refractivity contribution in [1.82, 2.24) is 9.55 Å². The second-order valence-corrected chi connectivity index (χ2v) is 13.4. The van der Waals surface area contributed by atoms with Crippen LogP contribution in [0.1, 0.15) is 17.3 Å². The Kier molecular flexibility index (Phi) is 5.48. The summed E-state index contributed by atoms with van der Waals surface area (Å²) >= 11 is 9.82. The Morgan fingerprint density at radius 3 is 2.73 bits per heavy atom. The molecule has 22 heavy (non-hydrogen) atoms. The highest BCUT2D eigenvalue weighted by Gasteiger charge is 2.17. The summed E-state index contributed by atoms with van der Waals surface area (Å²) in [5, 5.41) is 1.19. The van der Waals surface area contributed by atoms with Gasteiger partial charge in [-0.3, -0.25) is 4.79 Å². The van der Waals surface area contributed by atoms with Crippen molar-refractivity contribution in [1.29, 1.82) is 0 Å². The van der Waals surface area contributed by atoms with Gasteiger partial charge in [0, 0.05) is 31.5 Å². The maximum absolute atomic E-state index is 11.6. The highest BCUT2D eigenvalue weighted by Crippen LogP contribution is 2.33. The average Bonchev–Trinajstić information content (AvgIpc) is 2.71. The van der Waals surface area contributed by atoms with E-state index < -0.39 is 8.07 Å². The molecule has 0 saturated carbocycles. The third-order valence-corrected chi connectivity index (χ3v) is 6.08. The van der Waals surface area contributed by atoms with E-state index in [4.69, 9.17) is 16.3 Å². The molecule has 0 aromatic carbocycles. The number of nitrogens with zero attached hydrogens (tertiary/aromatic N) is 2. The van der Waals surface area contributed by atoms with Crippen molar-refractivity contribution in [3.05, 3.63) is 27.5 Å². The molecular formula is C15H20BrClN2O2Si. The van der Waals surface area contributed by atoms with Gasteiger partial charge < -0.3 is 9.30 Å². The van der Waals surface area contributed by atoms with Crippen LogP contribution in [0.2, 0.25) is 30.7 Å². The number of ketones is 1. The zero-order valence-electron chi connectivity index (χ0n) is 13.2. The van der Waals surface area contributed by atoms with E-state index in [1.54, 1.807) is 0 Å². The highest BCUT2D eigenvalue weighted by atomic mass is 79.9. The molecule has 0 spiro atoms. The normalized spacial score (nSPS) is 12.1. The molecule has 2 aromatic rings. The lowest BCUT2D eigenvalue weighted by Crippen LogP contribution is -2.22. The molecule has 7 heteroatoms. The molecule has 0 radical (unpaired) electrons. The Morgan fingerprint density at radius 1 is 1.45 bits per heavy atom. The van der Waals surface area contributed by atoms with E-state index in [9.17, 15) is 4.79 Å². The van der Waals surface area contributed by atoms with Gasteiger partial charge in [0.15, 0.2) is 5.78 Å². The molecule has 0 saturated heterocycles. The zero-order valence-corrected chi connectivity index (χ0v) is 16.6. The number of carbonyl (C=O) groups is 1. The first-order valence-corrected chi connectivity index (χ1v) is 12.0. The van der Waals surface area contributed by atoms with Gasteiger partial charge in [-0.25, -0.2) is 4.98 Å². The summed E-state index contributed by atoms with van der Waals surface area (Å²) in [4.78, 5) is 15.9. The molecule has 0 bridgehead atoms. The smallest absolute Gasteiger partial charge is 0.162 e. The predicted molar refractivity (Wildman–Crippen MR) is 96.6 cm³/mol. The maximum atomic E-state index is 11.6. The number of hydrogen-bond donors (Lipinski definition) is 0. The van der Waals surface area contributed by atoms with Crippen molar-refractivity contribution in [3.63, 3.8) is 0 Å². The van der Waals surface area contributed by atoms with Crippen LogP contribution in [0.3, 0.4) is 0 Å². The molecular weight excluding hydrogens is 384 g/mol. The number of fused-ring (bicyclic) bond motifs is 1. The average molecular weight is 404 g/mol. The Balaban J connectivity index is 2.22. The van der Waals surface area contributed by atoms with Crippen molar-refractivity contribution < 1.29 is 9.53 Å². The lowest BCUT2D eigenvalue weighted by molar-refractivity contribution is 0.0898. The minimum atomic E-state index is -1.09. The van der Waals surface area contributed by atoms with Gasteiger partial charge in [0.25, 0.3) is 0 Å². The van der Waals surface area contributed by atoms with Crippen LogP contribution in [0.25, 0.3) is 11.0 Å². The van der Waals surface area contributed by atoms with Gasteiger partial charge in [-0.1, -0.05) is 31.2 Å². The lowest BCUT2D eigenvalue weighted by atomic mass is 10.2. The Hall–Kier alpha value is -0.693. The summed E-state index contributed by atoms with van der Waals surface area (Å²) in [5.41, 5.74) is 1.15. The standard InChI is InChI=1S/C15H20BrClN2O2Si/c1-10(20)11-7-18-15-13(14(11)17)12(16)8-19(15)9-21-5-6-22(2,3)4/h7-8H,5-6,9H2,1-4H3. The van der Waals surface area contributed by atoms with E-state index >= 15 is 0 Å². The maximum Gasteiger partial charge on any atom is 0.162 e. The first-order valence-electron chi connectivity index (χ1n) is 7.12. The van der Waals surface area contributed by atoms with Crippen molar-refractivity contribution in [2.75, 3.05) is 6.61 Å². The number of hydrogen-bond acceptors (Lipinski definition) is 3. The third kappa shape index (κ3) is 3.98. The summed E-state index contributed by atoms with van der Waals surface area (Å²) in [5.74, 6) is -0.0922. The van der Waals surface area contributed by atoms with Gasteiger partial charge in [0.05, 0.1) is 16.0 Å². The summed E-state index contributed by atoms with van der Waals surface area (Å²) in [6, 6.07) is 1.12. The second-order valence-electron chi connectivity index (χ2n) is 6.54. The quantitative estimate of drug-likeness (QED) is 0.388. The van der Waals surface area contributed by atoms with E-state index in [2.05, 4.69) is 40.6 Å². The zero-order chi connectivity index (χ0) is 16.5. The SMILES string of the molecule is CC(=O)c1cnc2c(c(Br)cn2COCC[Si](C)(C)C)c1Cl. The van der Waals surface area contributed by atoms with E-state index in [1.165, 1.54) is 13.1 Å². The van der Waals surface area contributed by atoms with E-state index in [0.717, 1.165) is 28.2 Å². The lowest BCUT2D eigenvalue weighted by Gasteiger charge is -2.15.